The highest BCUT2D eigenvalue weighted by Crippen LogP contribution is 2.28. The van der Waals surface area contributed by atoms with Gasteiger partial charge < -0.3 is 9.47 Å². The number of methoxy groups -OCH3 is 1. The van der Waals surface area contributed by atoms with E-state index >= 15 is 0 Å². The molecule has 164 valence electrons. The molecule has 0 spiro atoms. The van der Waals surface area contributed by atoms with Crippen LogP contribution in [0.1, 0.15) is 27.9 Å². The third kappa shape index (κ3) is 6.27. The van der Waals surface area contributed by atoms with Gasteiger partial charge in [-0.15, -0.1) is 5.11 Å². The Hall–Kier alpha value is -2.50. The minimum Gasteiger partial charge on any atom is -0.489 e. The summed E-state index contributed by atoms with van der Waals surface area (Å²) in [6, 6.07) is 15.0. The first-order valence-corrected chi connectivity index (χ1v) is 11.1. The molecule has 6 nitrogen and oxygen atoms in total. The van der Waals surface area contributed by atoms with E-state index in [1.165, 1.54) is 0 Å². The molecule has 0 aliphatic rings. The highest BCUT2D eigenvalue weighted by atomic mass is 79.9. The van der Waals surface area contributed by atoms with Crippen LogP contribution in [0.2, 0.25) is 10.0 Å². The Kier molecular flexibility index (Phi) is 8.60. The van der Waals surface area contributed by atoms with E-state index in [9.17, 15) is 5.26 Å². The molecule has 0 saturated carbocycles. The molecule has 3 rings (SSSR count). The molecule has 9 heteroatoms. The van der Waals surface area contributed by atoms with Crippen LogP contribution in [0.3, 0.4) is 0 Å². The zero-order valence-corrected chi connectivity index (χ0v) is 20.5. The second-order valence-electron chi connectivity index (χ2n) is 6.85. The molecular weight excluding hydrogens is 515 g/mol. The summed E-state index contributed by atoms with van der Waals surface area (Å²) in [5.74, 6) is 0.934. The summed E-state index contributed by atoms with van der Waals surface area (Å²) >= 11 is 15.5. The van der Waals surface area contributed by atoms with Gasteiger partial charge in [-0.3, -0.25) is 0 Å². The smallest absolute Gasteiger partial charge is 0.192 e. The molecule has 1 aromatic heterocycles. The molecule has 1 heterocycles. The number of aromatic nitrogens is 1. The van der Waals surface area contributed by atoms with Gasteiger partial charge in [0.05, 0.1) is 23.2 Å². The second-order valence-corrected chi connectivity index (χ2v) is 8.58. The number of halogens is 3. The molecule has 0 bridgehead atoms. The van der Waals surface area contributed by atoms with Crippen LogP contribution in [-0.2, 0) is 24.5 Å². The number of aryl methyl sites for hydroxylation is 1. The molecule has 0 saturated heterocycles. The van der Waals surface area contributed by atoms with Crippen LogP contribution in [0.15, 0.2) is 57.2 Å². The summed E-state index contributed by atoms with van der Waals surface area (Å²) < 4.78 is 12.0. The van der Waals surface area contributed by atoms with E-state index in [0.29, 0.717) is 34.6 Å². The van der Waals surface area contributed by atoms with Crippen LogP contribution in [0.25, 0.3) is 0 Å². The van der Waals surface area contributed by atoms with Crippen LogP contribution in [0.4, 0.5) is 5.82 Å². The van der Waals surface area contributed by atoms with Crippen molar-refractivity contribution in [1.29, 1.82) is 5.26 Å². The Morgan fingerprint density at radius 3 is 2.59 bits per heavy atom. The summed E-state index contributed by atoms with van der Waals surface area (Å²) in [6.07, 6.45) is 0. The number of hydrogen-bond donors (Lipinski definition) is 0. The fraction of sp³-hybridized carbons (Fsp3) is 0.217. The van der Waals surface area contributed by atoms with Gasteiger partial charge in [-0.2, -0.15) is 10.4 Å². The predicted octanol–water partition coefficient (Wildman–Crippen LogP) is 7.34. The third-order valence-corrected chi connectivity index (χ3v) is 5.66. The maximum atomic E-state index is 9.54. The molecule has 3 aromatic rings. The van der Waals surface area contributed by atoms with Gasteiger partial charge >= 0.3 is 0 Å². The molecule has 32 heavy (non-hydrogen) atoms. The van der Waals surface area contributed by atoms with Crippen LogP contribution < -0.4 is 4.74 Å². The average molecular weight is 534 g/mol. The maximum Gasteiger partial charge on any atom is 0.192 e. The molecule has 2 aromatic carbocycles. The van der Waals surface area contributed by atoms with Gasteiger partial charge in [0, 0.05) is 28.4 Å². The number of rotatable bonds is 8. The third-order valence-electron chi connectivity index (χ3n) is 4.43. The van der Waals surface area contributed by atoms with Crippen LogP contribution in [0, 0.1) is 18.3 Å². The van der Waals surface area contributed by atoms with Gasteiger partial charge in [-0.25, -0.2) is 4.98 Å². The Morgan fingerprint density at radius 2 is 1.88 bits per heavy atom. The predicted molar refractivity (Wildman–Crippen MR) is 128 cm³/mol. The largest absolute Gasteiger partial charge is 0.489 e. The lowest BCUT2D eigenvalue weighted by molar-refractivity contribution is 0.184. The number of hydrogen-bond acceptors (Lipinski definition) is 6. The van der Waals surface area contributed by atoms with Crippen LogP contribution in [-0.4, -0.2) is 12.1 Å². The summed E-state index contributed by atoms with van der Waals surface area (Å²) in [7, 11) is 1.57. The molecule has 0 amide bonds. The van der Waals surface area contributed by atoms with Crippen molar-refractivity contribution >= 4 is 44.9 Å². The Labute approximate surface area is 204 Å². The van der Waals surface area contributed by atoms with Gasteiger partial charge in [0.2, 0.25) is 0 Å². The van der Waals surface area contributed by atoms with Gasteiger partial charge in [0.25, 0.3) is 0 Å². The molecule has 0 fully saturated rings. The van der Waals surface area contributed by atoms with Crippen molar-refractivity contribution in [3.63, 3.8) is 0 Å². The van der Waals surface area contributed by atoms with Crippen molar-refractivity contribution in [2.45, 2.75) is 26.7 Å². The lowest BCUT2D eigenvalue weighted by Gasteiger charge is -2.11. The SMILES string of the molecule is COCc1cc(C)nc(N=NCc2cc(Br)ccc2OCc2ccc(Cl)c(Cl)c2)c1C#N. The first-order valence-electron chi connectivity index (χ1n) is 9.53. The first kappa shape index (κ1) is 24.1. The normalized spacial score (nSPS) is 11.0. The summed E-state index contributed by atoms with van der Waals surface area (Å²) in [6.45, 7) is 2.70. The first-order chi connectivity index (χ1) is 15.4. The van der Waals surface area contributed by atoms with E-state index in [-0.39, 0.29) is 12.4 Å². The van der Waals surface area contributed by atoms with E-state index in [0.717, 1.165) is 26.9 Å². The van der Waals surface area contributed by atoms with Gasteiger partial charge in [-0.1, -0.05) is 45.2 Å². The minimum absolute atomic E-state index is 0.246. The zero-order chi connectivity index (χ0) is 23.1. The molecule has 0 atom stereocenters. The average Bonchev–Trinajstić information content (AvgIpc) is 2.75. The number of benzene rings is 2. The second kappa shape index (κ2) is 11.4. The van der Waals surface area contributed by atoms with Crippen molar-refractivity contribution in [3.05, 3.63) is 84.9 Å². The van der Waals surface area contributed by atoms with Crippen molar-refractivity contribution in [1.82, 2.24) is 4.98 Å². The fourth-order valence-corrected chi connectivity index (χ4v) is 3.70. The van der Waals surface area contributed by atoms with E-state index in [4.69, 9.17) is 32.7 Å². The highest BCUT2D eigenvalue weighted by Gasteiger charge is 2.12. The van der Waals surface area contributed by atoms with E-state index < -0.39 is 0 Å². The van der Waals surface area contributed by atoms with E-state index in [1.54, 1.807) is 19.2 Å². The summed E-state index contributed by atoms with van der Waals surface area (Å²) in [4.78, 5) is 4.35. The lowest BCUT2D eigenvalue weighted by atomic mass is 10.1. The number of pyridine rings is 1. The van der Waals surface area contributed by atoms with Crippen molar-refractivity contribution in [3.8, 4) is 11.8 Å². The van der Waals surface area contributed by atoms with Crippen LogP contribution >= 0.6 is 39.1 Å². The molecule has 0 N–H and O–H groups in total. The maximum absolute atomic E-state index is 9.54. The summed E-state index contributed by atoms with van der Waals surface area (Å²) in [5, 5.41) is 19.0. The quantitative estimate of drug-likeness (QED) is 0.283. The highest BCUT2D eigenvalue weighted by molar-refractivity contribution is 9.10. The topological polar surface area (TPSA) is 79.9 Å². The van der Waals surface area contributed by atoms with Gasteiger partial charge in [0.15, 0.2) is 5.82 Å². The fourth-order valence-electron chi connectivity index (χ4n) is 2.97. The Balaban J connectivity index is 1.79. The molecular formula is C23H19BrCl2N4O2. The molecule has 0 unspecified atom stereocenters. The molecule has 0 radical (unpaired) electrons. The summed E-state index contributed by atoms with van der Waals surface area (Å²) in [5.41, 5.74) is 3.53. The van der Waals surface area contributed by atoms with Gasteiger partial charge in [0.1, 0.15) is 24.0 Å². The molecule has 0 aliphatic carbocycles. The van der Waals surface area contributed by atoms with Crippen molar-refractivity contribution in [2.75, 3.05) is 7.11 Å². The molecule has 0 aliphatic heterocycles. The van der Waals surface area contributed by atoms with E-state index in [2.05, 4.69) is 37.2 Å². The Morgan fingerprint density at radius 1 is 1.06 bits per heavy atom. The Bertz CT molecular complexity index is 1200. The zero-order valence-electron chi connectivity index (χ0n) is 17.4. The minimum atomic E-state index is 0.246. The number of azo groups is 1. The van der Waals surface area contributed by atoms with Crippen molar-refractivity contribution in [2.24, 2.45) is 10.2 Å². The van der Waals surface area contributed by atoms with Crippen LogP contribution in [0.5, 0.6) is 5.75 Å². The number of nitriles is 1. The van der Waals surface area contributed by atoms with E-state index in [1.807, 2.05) is 37.3 Å². The monoisotopic (exact) mass is 532 g/mol. The number of nitrogens with zero attached hydrogens (tertiary/aromatic N) is 4. The standard InChI is InChI=1S/C23H19BrCl2N4O2/c1-14-7-17(13-31-2)19(10-27)23(29-14)30-28-11-16-9-18(24)4-6-22(16)32-12-15-3-5-20(25)21(26)8-15/h3-9H,11-13H2,1-2H3. The van der Waals surface area contributed by atoms with Gasteiger partial charge in [-0.05, 0) is 48.9 Å². The van der Waals surface area contributed by atoms with Crippen molar-refractivity contribution < 1.29 is 9.47 Å². The lowest BCUT2D eigenvalue weighted by Crippen LogP contribution is -1.99. The number of ether oxygens (including phenoxy) is 2.